The number of hydrogen-bond acceptors (Lipinski definition) is 2. The molecule has 1 saturated carbocycles. The molecule has 1 aromatic carbocycles. The summed E-state index contributed by atoms with van der Waals surface area (Å²) in [4.78, 5) is 0. The molecule has 1 aliphatic carbocycles. The van der Waals surface area contributed by atoms with E-state index in [-0.39, 0.29) is 6.10 Å². The minimum atomic E-state index is -0.342. The Hall–Kier alpha value is -1.02. The minimum Gasteiger partial charge on any atom is -0.494 e. The second-order valence-corrected chi connectivity index (χ2v) is 5.57. The Morgan fingerprint density at radius 2 is 2.05 bits per heavy atom. The summed E-state index contributed by atoms with van der Waals surface area (Å²) in [5.74, 6) is 1.94. The molecule has 0 amide bonds. The molecule has 2 heteroatoms. The lowest BCUT2D eigenvalue weighted by atomic mass is 9.73. The summed E-state index contributed by atoms with van der Waals surface area (Å²) in [6.07, 6.45) is 5.82. The third kappa shape index (κ3) is 3.50. The van der Waals surface area contributed by atoms with Crippen LogP contribution in [-0.2, 0) is 0 Å². The van der Waals surface area contributed by atoms with Crippen molar-refractivity contribution in [2.45, 2.75) is 52.1 Å². The number of hydrogen-bond donors (Lipinski definition) is 1. The van der Waals surface area contributed by atoms with Crippen LogP contribution in [0.1, 0.15) is 57.6 Å². The molecule has 1 aromatic rings. The van der Waals surface area contributed by atoms with E-state index in [0.717, 1.165) is 17.7 Å². The highest BCUT2D eigenvalue weighted by molar-refractivity contribution is 5.30. The summed E-state index contributed by atoms with van der Waals surface area (Å²) < 4.78 is 5.53. The SMILES string of the molecule is CCOc1cccc(C(O)C2CCCCC2CC)c1. The summed E-state index contributed by atoms with van der Waals surface area (Å²) in [7, 11) is 0. The van der Waals surface area contributed by atoms with Crippen LogP contribution in [0.5, 0.6) is 5.75 Å². The highest BCUT2D eigenvalue weighted by Crippen LogP contribution is 2.40. The molecule has 19 heavy (non-hydrogen) atoms. The van der Waals surface area contributed by atoms with Crippen LogP contribution in [0.25, 0.3) is 0 Å². The van der Waals surface area contributed by atoms with Crippen molar-refractivity contribution < 1.29 is 9.84 Å². The van der Waals surface area contributed by atoms with Crippen molar-refractivity contribution in [3.63, 3.8) is 0 Å². The molecule has 1 N–H and O–H groups in total. The fourth-order valence-electron chi connectivity index (χ4n) is 3.36. The first-order valence-electron chi connectivity index (χ1n) is 7.67. The van der Waals surface area contributed by atoms with Gasteiger partial charge in [-0.05, 0) is 42.9 Å². The van der Waals surface area contributed by atoms with Gasteiger partial charge in [0.1, 0.15) is 5.75 Å². The molecule has 0 radical (unpaired) electrons. The van der Waals surface area contributed by atoms with Gasteiger partial charge < -0.3 is 9.84 Å². The van der Waals surface area contributed by atoms with Crippen LogP contribution in [-0.4, -0.2) is 11.7 Å². The van der Waals surface area contributed by atoms with Crippen molar-refractivity contribution in [3.8, 4) is 5.75 Å². The van der Waals surface area contributed by atoms with Gasteiger partial charge in [0.05, 0.1) is 12.7 Å². The Morgan fingerprint density at radius 1 is 1.26 bits per heavy atom. The van der Waals surface area contributed by atoms with Crippen molar-refractivity contribution in [3.05, 3.63) is 29.8 Å². The van der Waals surface area contributed by atoms with Gasteiger partial charge >= 0.3 is 0 Å². The van der Waals surface area contributed by atoms with E-state index < -0.39 is 0 Å². The van der Waals surface area contributed by atoms with E-state index in [1.807, 2.05) is 31.2 Å². The molecular weight excluding hydrogens is 236 g/mol. The topological polar surface area (TPSA) is 29.5 Å². The van der Waals surface area contributed by atoms with Crippen LogP contribution >= 0.6 is 0 Å². The predicted octanol–water partition coefficient (Wildman–Crippen LogP) is 4.34. The predicted molar refractivity (Wildman–Crippen MR) is 78.3 cm³/mol. The number of aliphatic hydroxyl groups is 1. The monoisotopic (exact) mass is 262 g/mol. The highest BCUT2D eigenvalue weighted by Gasteiger charge is 2.30. The van der Waals surface area contributed by atoms with Gasteiger partial charge in [0, 0.05) is 0 Å². The van der Waals surface area contributed by atoms with Gasteiger partial charge in [-0.2, -0.15) is 0 Å². The van der Waals surface area contributed by atoms with Crippen molar-refractivity contribution in [1.82, 2.24) is 0 Å². The maximum atomic E-state index is 10.7. The lowest BCUT2D eigenvalue weighted by Crippen LogP contribution is -2.25. The second-order valence-electron chi connectivity index (χ2n) is 5.57. The van der Waals surface area contributed by atoms with Gasteiger partial charge in [-0.3, -0.25) is 0 Å². The number of rotatable bonds is 5. The van der Waals surface area contributed by atoms with Crippen LogP contribution in [0.4, 0.5) is 0 Å². The molecule has 0 saturated heterocycles. The summed E-state index contributed by atoms with van der Waals surface area (Å²) in [6, 6.07) is 7.95. The number of aliphatic hydroxyl groups excluding tert-OH is 1. The zero-order valence-corrected chi connectivity index (χ0v) is 12.1. The van der Waals surface area contributed by atoms with E-state index in [9.17, 15) is 5.11 Å². The number of benzene rings is 1. The smallest absolute Gasteiger partial charge is 0.119 e. The Balaban J connectivity index is 2.12. The quantitative estimate of drug-likeness (QED) is 0.855. The van der Waals surface area contributed by atoms with Crippen LogP contribution < -0.4 is 4.74 Å². The first kappa shape index (κ1) is 14.4. The summed E-state index contributed by atoms with van der Waals surface area (Å²) in [6.45, 7) is 4.89. The largest absolute Gasteiger partial charge is 0.494 e. The molecule has 1 fully saturated rings. The van der Waals surface area contributed by atoms with Gasteiger partial charge in [0.25, 0.3) is 0 Å². The van der Waals surface area contributed by atoms with E-state index in [2.05, 4.69) is 6.92 Å². The molecule has 1 aliphatic rings. The van der Waals surface area contributed by atoms with Crippen LogP contribution in [0.3, 0.4) is 0 Å². The molecule has 3 atom stereocenters. The third-order valence-corrected chi connectivity index (χ3v) is 4.41. The van der Waals surface area contributed by atoms with Crippen LogP contribution in [0, 0.1) is 11.8 Å². The Morgan fingerprint density at radius 3 is 2.79 bits per heavy atom. The standard InChI is InChI=1S/C17H26O2/c1-3-13-8-5-6-11-16(13)17(18)14-9-7-10-15(12-14)19-4-2/h7,9-10,12-13,16-18H,3-6,8,11H2,1-2H3. The van der Waals surface area contributed by atoms with Gasteiger partial charge in [-0.25, -0.2) is 0 Å². The zero-order chi connectivity index (χ0) is 13.7. The Labute approximate surface area is 116 Å². The van der Waals surface area contributed by atoms with E-state index in [1.165, 1.54) is 25.7 Å². The number of ether oxygens (including phenoxy) is 1. The molecular formula is C17H26O2. The minimum absolute atomic E-state index is 0.342. The van der Waals surface area contributed by atoms with Gasteiger partial charge in [-0.15, -0.1) is 0 Å². The van der Waals surface area contributed by atoms with Gasteiger partial charge in [0.15, 0.2) is 0 Å². The molecule has 0 heterocycles. The summed E-state index contributed by atoms with van der Waals surface area (Å²) in [5, 5.41) is 10.7. The van der Waals surface area contributed by atoms with E-state index in [1.54, 1.807) is 0 Å². The zero-order valence-electron chi connectivity index (χ0n) is 12.1. The van der Waals surface area contributed by atoms with E-state index in [4.69, 9.17) is 4.74 Å². The average Bonchev–Trinajstić information content (AvgIpc) is 2.47. The first-order valence-corrected chi connectivity index (χ1v) is 7.67. The van der Waals surface area contributed by atoms with E-state index >= 15 is 0 Å². The molecule has 0 aromatic heterocycles. The molecule has 2 nitrogen and oxygen atoms in total. The Bertz CT molecular complexity index is 389. The highest BCUT2D eigenvalue weighted by atomic mass is 16.5. The first-order chi connectivity index (χ1) is 9.26. The van der Waals surface area contributed by atoms with Crippen molar-refractivity contribution in [2.24, 2.45) is 11.8 Å². The average molecular weight is 262 g/mol. The molecule has 0 aliphatic heterocycles. The third-order valence-electron chi connectivity index (χ3n) is 4.41. The molecule has 0 spiro atoms. The van der Waals surface area contributed by atoms with Crippen molar-refractivity contribution >= 4 is 0 Å². The van der Waals surface area contributed by atoms with Crippen molar-refractivity contribution in [2.75, 3.05) is 6.61 Å². The van der Waals surface area contributed by atoms with Crippen molar-refractivity contribution in [1.29, 1.82) is 0 Å². The second kappa shape index (κ2) is 6.95. The van der Waals surface area contributed by atoms with E-state index in [0.29, 0.717) is 18.4 Å². The normalized spacial score (nSPS) is 25.0. The summed E-state index contributed by atoms with van der Waals surface area (Å²) >= 11 is 0. The fourth-order valence-corrected chi connectivity index (χ4v) is 3.36. The van der Waals surface area contributed by atoms with Crippen LogP contribution in [0.2, 0.25) is 0 Å². The molecule has 2 rings (SSSR count). The maximum Gasteiger partial charge on any atom is 0.119 e. The molecule has 0 bridgehead atoms. The lowest BCUT2D eigenvalue weighted by Gasteiger charge is -2.34. The maximum absolute atomic E-state index is 10.7. The van der Waals surface area contributed by atoms with Gasteiger partial charge in [-0.1, -0.05) is 44.7 Å². The lowest BCUT2D eigenvalue weighted by molar-refractivity contribution is 0.0450. The fraction of sp³-hybridized carbons (Fsp3) is 0.647. The summed E-state index contributed by atoms with van der Waals surface area (Å²) in [5.41, 5.74) is 1.01. The molecule has 3 unspecified atom stereocenters. The van der Waals surface area contributed by atoms with Gasteiger partial charge in [0.2, 0.25) is 0 Å². The Kier molecular flexibility index (Phi) is 5.26. The van der Waals surface area contributed by atoms with Crippen LogP contribution in [0.15, 0.2) is 24.3 Å². The molecule has 106 valence electrons.